The largest absolute Gasteiger partial charge is 0.416 e. The van der Waals surface area contributed by atoms with Crippen molar-refractivity contribution in [2.75, 3.05) is 25.5 Å². The van der Waals surface area contributed by atoms with Crippen molar-refractivity contribution in [1.82, 2.24) is 5.32 Å². The highest BCUT2D eigenvalue weighted by Crippen LogP contribution is 2.40. The summed E-state index contributed by atoms with van der Waals surface area (Å²) in [6.07, 6.45) is -3.51. The molecule has 2 rings (SSSR count). The zero-order valence-corrected chi connectivity index (χ0v) is 10.7. The second-order valence-electron chi connectivity index (χ2n) is 4.98. The van der Waals surface area contributed by atoms with Gasteiger partial charge in [-0.3, -0.25) is 0 Å². The van der Waals surface area contributed by atoms with Gasteiger partial charge in [0.15, 0.2) is 0 Å². The third-order valence-electron chi connectivity index (χ3n) is 3.83. The van der Waals surface area contributed by atoms with Crippen LogP contribution in [0, 0.1) is 0 Å². The first-order chi connectivity index (χ1) is 8.28. The van der Waals surface area contributed by atoms with Crippen LogP contribution in [0.1, 0.15) is 24.5 Å². The molecule has 1 atom stereocenters. The van der Waals surface area contributed by atoms with Crippen molar-refractivity contribution in [3.05, 3.63) is 29.3 Å². The number of fused-ring (bicyclic) bond motifs is 1. The molecular formula is C13H17F3N2. The molecule has 0 aromatic heterocycles. The normalized spacial score (nSPS) is 24.0. The lowest BCUT2D eigenvalue weighted by Crippen LogP contribution is -2.45. The van der Waals surface area contributed by atoms with E-state index < -0.39 is 17.3 Å². The molecule has 18 heavy (non-hydrogen) atoms. The molecule has 0 amide bonds. The molecule has 1 aromatic carbocycles. The molecule has 1 heterocycles. The first-order valence-corrected chi connectivity index (χ1v) is 5.90. The molecule has 1 aliphatic heterocycles. The predicted octanol–water partition coefficient (Wildman–Crippen LogP) is 2.98. The lowest BCUT2D eigenvalue weighted by atomic mass is 9.83. The Balaban J connectivity index is 2.57. The van der Waals surface area contributed by atoms with Gasteiger partial charge in [-0.25, -0.2) is 0 Å². The van der Waals surface area contributed by atoms with Crippen LogP contribution in [0.5, 0.6) is 0 Å². The fraction of sp³-hybridized carbons (Fsp3) is 0.538. The molecule has 1 unspecified atom stereocenters. The van der Waals surface area contributed by atoms with Crippen LogP contribution in [0.4, 0.5) is 18.9 Å². The van der Waals surface area contributed by atoms with Crippen LogP contribution in [-0.4, -0.2) is 20.6 Å². The first-order valence-electron chi connectivity index (χ1n) is 5.90. The summed E-state index contributed by atoms with van der Waals surface area (Å²) in [5.41, 5.74) is 0.598. The Labute approximate surface area is 105 Å². The Morgan fingerprint density at radius 3 is 2.56 bits per heavy atom. The van der Waals surface area contributed by atoms with E-state index in [0.717, 1.165) is 24.7 Å². The van der Waals surface area contributed by atoms with E-state index in [0.29, 0.717) is 5.56 Å². The number of halogens is 3. The molecule has 0 fully saturated rings. The van der Waals surface area contributed by atoms with E-state index in [4.69, 9.17) is 0 Å². The first kappa shape index (κ1) is 13.2. The highest BCUT2D eigenvalue weighted by atomic mass is 19.4. The van der Waals surface area contributed by atoms with Crippen molar-refractivity contribution in [2.45, 2.75) is 25.1 Å². The molecule has 1 aromatic rings. The van der Waals surface area contributed by atoms with Gasteiger partial charge in [-0.15, -0.1) is 0 Å². The van der Waals surface area contributed by atoms with Crippen LogP contribution < -0.4 is 10.2 Å². The van der Waals surface area contributed by atoms with E-state index >= 15 is 0 Å². The smallest absolute Gasteiger partial charge is 0.374 e. The van der Waals surface area contributed by atoms with Crippen molar-refractivity contribution >= 4 is 5.69 Å². The van der Waals surface area contributed by atoms with Gasteiger partial charge in [-0.2, -0.15) is 13.2 Å². The highest BCUT2D eigenvalue weighted by molar-refractivity contribution is 5.59. The summed E-state index contributed by atoms with van der Waals surface area (Å²) in [5.74, 6) is 0. The van der Waals surface area contributed by atoms with Crippen LogP contribution in [0.25, 0.3) is 0 Å². The average molecular weight is 258 g/mol. The van der Waals surface area contributed by atoms with Crippen molar-refractivity contribution in [1.29, 1.82) is 0 Å². The summed E-state index contributed by atoms with van der Waals surface area (Å²) in [5, 5.41) is 3.14. The number of hydrogen-bond donors (Lipinski definition) is 1. The number of benzene rings is 1. The lowest BCUT2D eigenvalue weighted by Gasteiger charge is -2.41. The molecule has 100 valence electrons. The Morgan fingerprint density at radius 1 is 1.33 bits per heavy atom. The Morgan fingerprint density at radius 2 is 2.00 bits per heavy atom. The maximum Gasteiger partial charge on any atom is 0.416 e. The minimum atomic E-state index is -4.29. The van der Waals surface area contributed by atoms with Crippen LogP contribution in [-0.2, 0) is 11.7 Å². The van der Waals surface area contributed by atoms with Gasteiger partial charge in [0.2, 0.25) is 0 Å². The number of alkyl halides is 3. The molecule has 1 aliphatic rings. The number of anilines is 1. The minimum absolute atomic E-state index is 0.400. The zero-order valence-electron chi connectivity index (χ0n) is 10.7. The summed E-state index contributed by atoms with van der Waals surface area (Å²) >= 11 is 0. The van der Waals surface area contributed by atoms with Crippen LogP contribution in [0.15, 0.2) is 18.2 Å². The Kier molecular flexibility index (Phi) is 3.05. The topological polar surface area (TPSA) is 15.3 Å². The van der Waals surface area contributed by atoms with Gasteiger partial charge in [0.05, 0.1) is 5.56 Å². The molecular weight excluding hydrogens is 241 g/mol. The van der Waals surface area contributed by atoms with Gasteiger partial charge in [0.1, 0.15) is 0 Å². The number of nitrogens with zero attached hydrogens (tertiary/aromatic N) is 1. The maximum atomic E-state index is 12.8. The van der Waals surface area contributed by atoms with E-state index in [1.807, 2.05) is 18.9 Å². The summed E-state index contributed by atoms with van der Waals surface area (Å²) in [6.45, 7) is 2.77. The molecule has 0 saturated carbocycles. The lowest BCUT2D eigenvalue weighted by molar-refractivity contribution is -0.137. The van der Waals surface area contributed by atoms with Gasteiger partial charge < -0.3 is 10.2 Å². The monoisotopic (exact) mass is 258 g/mol. The molecule has 1 N–H and O–H groups in total. The van der Waals surface area contributed by atoms with Gasteiger partial charge in [-0.05, 0) is 44.2 Å². The zero-order chi connectivity index (χ0) is 13.6. The Hall–Kier alpha value is -1.23. The molecule has 5 heteroatoms. The minimum Gasteiger partial charge on any atom is -0.374 e. The number of rotatable bonds is 1. The van der Waals surface area contributed by atoms with Gasteiger partial charge in [-0.1, -0.05) is 0 Å². The predicted molar refractivity (Wildman–Crippen MR) is 65.7 cm³/mol. The second kappa shape index (κ2) is 4.16. The molecule has 0 bridgehead atoms. The summed E-state index contributed by atoms with van der Waals surface area (Å²) < 4.78 is 38.3. The van der Waals surface area contributed by atoms with E-state index in [1.165, 1.54) is 6.07 Å². The van der Waals surface area contributed by atoms with Gasteiger partial charge in [0, 0.05) is 24.8 Å². The van der Waals surface area contributed by atoms with Crippen molar-refractivity contribution < 1.29 is 13.2 Å². The van der Waals surface area contributed by atoms with Gasteiger partial charge in [0.25, 0.3) is 0 Å². The second-order valence-corrected chi connectivity index (χ2v) is 4.98. The summed E-state index contributed by atoms with van der Waals surface area (Å²) in [4.78, 5) is 1.99. The molecule has 0 saturated heterocycles. The third-order valence-corrected chi connectivity index (χ3v) is 3.83. The van der Waals surface area contributed by atoms with Gasteiger partial charge >= 0.3 is 6.18 Å². The fourth-order valence-corrected chi connectivity index (χ4v) is 2.39. The van der Waals surface area contributed by atoms with Crippen LogP contribution in [0.3, 0.4) is 0 Å². The van der Waals surface area contributed by atoms with Crippen LogP contribution in [0.2, 0.25) is 0 Å². The van der Waals surface area contributed by atoms with E-state index in [-0.39, 0.29) is 0 Å². The molecule has 2 nitrogen and oxygen atoms in total. The van der Waals surface area contributed by atoms with Crippen LogP contribution >= 0.6 is 0 Å². The quantitative estimate of drug-likeness (QED) is 0.833. The van der Waals surface area contributed by atoms with Crippen molar-refractivity contribution in [3.63, 3.8) is 0 Å². The van der Waals surface area contributed by atoms with E-state index in [2.05, 4.69) is 5.32 Å². The van der Waals surface area contributed by atoms with E-state index in [1.54, 1.807) is 13.1 Å². The van der Waals surface area contributed by atoms with Crippen molar-refractivity contribution in [2.24, 2.45) is 0 Å². The molecule has 0 radical (unpaired) electrons. The van der Waals surface area contributed by atoms with E-state index in [9.17, 15) is 13.2 Å². The Bertz CT molecular complexity index is 456. The fourth-order valence-electron chi connectivity index (χ4n) is 2.39. The molecule has 0 spiro atoms. The average Bonchev–Trinajstić information content (AvgIpc) is 2.33. The standard InChI is InChI=1S/C13H17F3N2/c1-12(17-2)6-7-18(3)11-5-4-9(8-10(11)12)13(14,15)16/h4-5,8,17H,6-7H2,1-3H3. The summed E-state index contributed by atoms with van der Waals surface area (Å²) in [6, 6.07) is 3.98. The summed E-state index contributed by atoms with van der Waals surface area (Å²) in [7, 11) is 3.69. The number of hydrogen-bond acceptors (Lipinski definition) is 2. The molecule has 0 aliphatic carbocycles. The number of nitrogens with one attached hydrogen (secondary N) is 1. The third kappa shape index (κ3) is 2.07. The highest BCUT2D eigenvalue weighted by Gasteiger charge is 2.37. The SMILES string of the molecule is CNC1(C)CCN(C)c2ccc(C(F)(F)F)cc21. The van der Waals surface area contributed by atoms with Crippen molar-refractivity contribution in [3.8, 4) is 0 Å². The maximum absolute atomic E-state index is 12.8.